The molecule has 19 N–H and O–H groups in total. The number of aromatic amines is 2. The second kappa shape index (κ2) is 31.8. The van der Waals surface area contributed by atoms with Crippen molar-refractivity contribution in [3.8, 4) is 0 Å². The number of carboxylic acids is 3. The molecule has 0 aromatic carbocycles. The first-order valence-corrected chi connectivity index (χ1v) is 23.6. The first-order valence-electron chi connectivity index (χ1n) is 22.9. The van der Waals surface area contributed by atoms with E-state index in [1.807, 2.05) is 0 Å². The van der Waals surface area contributed by atoms with E-state index in [0.29, 0.717) is 0 Å². The minimum atomic E-state index is -2.02. The molecule has 0 aliphatic rings. The van der Waals surface area contributed by atoms with E-state index >= 15 is 0 Å². The van der Waals surface area contributed by atoms with E-state index in [9.17, 15) is 88.2 Å². The molecule has 0 spiro atoms. The van der Waals surface area contributed by atoms with E-state index < -0.39 is 176 Å². The van der Waals surface area contributed by atoms with Gasteiger partial charge in [0.05, 0.1) is 56.3 Å². The van der Waals surface area contributed by atoms with Gasteiger partial charge < -0.3 is 94.2 Å². The average Bonchev–Trinajstić information content (AvgIpc) is 4.09. The molecule has 2 aromatic heterocycles. The molecule has 33 heteroatoms. The number of aliphatic hydroxyl groups is 3. The van der Waals surface area contributed by atoms with Crippen LogP contribution in [0.15, 0.2) is 25.0 Å². The van der Waals surface area contributed by atoms with E-state index in [1.54, 1.807) is 6.92 Å². The number of thiol groups is 1. The maximum absolute atomic E-state index is 13.6. The third-order valence-corrected chi connectivity index (χ3v) is 11.3. The third kappa shape index (κ3) is 21.7. The molecule has 2 heterocycles. The molecule has 0 radical (unpaired) electrons. The minimum Gasteiger partial charge on any atom is -0.481 e. The lowest BCUT2D eigenvalue weighted by atomic mass is 9.97. The molecule has 0 saturated carbocycles. The Morgan fingerprint density at radius 2 is 1.08 bits per heavy atom. The molecular weight excluding hydrogens is 1020 g/mol. The van der Waals surface area contributed by atoms with Gasteiger partial charge in [-0.2, -0.15) is 12.6 Å². The maximum Gasteiger partial charge on any atom is 0.327 e. The standard InChI is InChI=1S/C42H64N14O18S/c1-4-18(2)32(40(71)54-28(15-75)42(73)74)55-36(67)23(5-6-30(61)62)50-41(72)33(19(3)59)56-38(69)26(9-31(63)64)49-29(60)12-46-35(66)24(7-20-10-44-16-47-20)52-39(70)27(14-58)53-37(68)25(8-21-11-45-17-48-21)51-34(65)22(43)13-57/h10-11,16-19,22-28,32-33,57-59,75H,4-9,12-15,43H2,1-3H3,(H,44,47)(H,45,48)(H,46,66)(H,49,60)(H,50,72)(H,51,65)(H,52,70)(H,53,68)(H,54,71)(H,55,67)(H,56,69)(H,61,62)(H,63,64)(H,73,74)/t18-,19+,22-,23-,24-,25-,26-,27-,28-,32-,33-/m0/s1. The number of hydrogen-bond acceptors (Lipinski definition) is 19. The minimum absolute atomic E-state index is 0.188. The molecule has 0 fully saturated rings. The van der Waals surface area contributed by atoms with Gasteiger partial charge in [0.25, 0.3) is 0 Å². The smallest absolute Gasteiger partial charge is 0.327 e. The average molecular weight is 1090 g/mol. The zero-order valence-electron chi connectivity index (χ0n) is 40.7. The first-order chi connectivity index (χ1) is 35.3. The molecule has 32 nitrogen and oxygen atoms in total. The van der Waals surface area contributed by atoms with Crippen molar-refractivity contribution in [1.29, 1.82) is 0 Å². The van der Waals surface area contributed by atoms with Crippen molar-refractivity contribution in [3.05, 3.63) is 36.4 Å². The predicted octanol–water partition coefficient (Wildman–Crippen LogP) is -7.99. The third-order valence-electron chi connectivity index (χ3n) is 10.9. The number of nitrogens with two attached hydrogens (primary N) is 1. The van der Waals surface area contributed by atoms with Gasteiger partial charge in [-0.15, -0.1) is 0 Å². The van der Waals surface area contributed by atoms with Crippen molar-refractivity contribution in [2.24, 2.45) is 11.7 Å². The fourth-order valence-corrected chi connectivity index (χ4v) is 6.77. The van der Waals surface area contributed by atoms with Gasteiger partial charge >= 0.3 is 17.9 Å². The van der Waals surface area contributed by atoms with Crippen LogP contribution in [0.1, 0.15) is 57.8 Å². The summed E-state index contributed by atoms with van der Waals surface area (Å²) in [5.74, 6) is -15.7. The number of carbonyl (C=O) groups excluding carboxylic acids is 9. The molecular formula is C42H64N14O18S. The highest BCUT2D eigenvalue weighted by molar-refractivity contribution is 7.80. The number of aliphatic hydroxyl groups excluding tert-OH is 3. The Morgan fingerprint density at radius 3 is 1.56 bits per heavy atom. The van der Waals surface area contributed by atoms with Crippen molar-refractivity contribution < 1.29 is 88.2 Å². The van der Waals surface area contributed by atoms with Crippen LogP contribution in [0, 0.1) is 5.92 Å². The summed E-state index contributed by atoms with van der Waals surface area (Å²) in [6.07, 6.45) is 0.636. The molecule has 75 heavy (non-hydrogen) atoms. The number of carbonyl (C=O) groups is 12. The summed E-state index contributed by atoms with van der Waals surface area (Å²) in [6.45, 7) is 1.38. The second-order valence-electron chi connectivity index (χ2n) is 16.8. The van der Waals surface area contributed by atoms with Gasteiger partial charge in [-0.25, -0.2) is 14.8 Å². The molecule has 2 rings (SSSR count). The van der Waals surface area contributed by atoms with Gasteiger partial charge in [0.2, 0.25) is 53.2 Å². The molecule has 11 atom stereocenters. The Kier molecular flexibility index (Phi) is 26.8. The molecule has 0 unspecified atom stereocenters. The van der Waals surface area contributed by atoms with Crippen LogP contribution in [0.2, 0.25) is 0 Å². The SMILES string of the molecule is CC[C@H](C)[C@H](NC(=O)[C@H](CCC(=O)O)NC(=O)[C@@H](NC(=O)[C@H](CC(=O)O)NC(=O)CNC(=O)[C@H](Cc1c[nH]cn1)NC(=O)[C@H](CO)NC(=O)[C@H](Cc1c[nH]cn1)NC(=O)[C@@H](N)CO)[C@@H](C)O)C(=O)N[C@@H](CS)C(=O)O. The predicted molar refractivity (Wildman–Crippen MR) is 257 cm³/mol. The zero-order chi connectivity index (χ0) is 56.5. The summed E-state index contributed by atoms with van der Waals surface area (Å²) in [5.41, 5.74) is 6.04. The Morgan fingerprint density at radius 1 is 0.600 bits per heavy atom. The number of imidazole rings is 2. The number of amides is 9. The van der Waals surface area contributed by atoms with Crippen molar-refractivity contribution in [3.63, 3.8) is 0 Å². The van der Waals surface area contributed by atoms with Crippen molar-refractivity contribution >= 4 is 83.7 Å². The lowest BCUT2D eigenvalue weighted by molar-refractivity contribution is -0.142. The monoisotopic (exact) mass is 1080 g/mol. The van der Waals surface area contributed by atoms with Gasteiger partial charge in [0, 0.05) is 37.4 Å². The van der Waals surface area contributed by atoms with Gasteiger partial charge in [-0.05, 0) is 19.3 Å². The van der Waals surface area contributed by atoms with Crippen LogP contribution in [0.3, 0.4) is 0 Å². The summed E-state index contributed by atoms with van der Waals surface area (Å²) in [5, 5.41) is 78.3. The van der Waals surface area contributed by atoms with Crippen LogP contribution >= 0.6 is 12.6 Å². The fourth-order valence-electron chi connectivity index (χ4n) is 6.52. The van der Waals surface area contributed by atoms with E-state index in [-0.39, 0.29) is 36.4 Å². The Bertz CT molecular complexity index is 2290. The first kappa shape index (κ1) is 63.4. The van der Waals surface area contributed by atoms with Crippen LogP contribution in [0.5, 0.6) is 0 Å². The summed E-state index contributed by atoms with van der Waals surface area (Å²) in [7, 11) is 0. The highest BCUT2D eigenvalue weighted by Crippen LogP contribution is 2.11. The van der Waals surface area contributed by atoms with Crippen LogP contribution in [0.25, 0.3) is 0 Å². The fraction of sp³-hybridized carbons (Fsp3) is 0.571. The topological polar surface area (TPSA) is 518 Å². The van der Waals surface area contributed by atoms with Crippen molar-refractivity contribution in [2.45, 2.75) is 120 Å². The van der Waals surface area contributed by atoms with Crippen LogP contribution < -0.4 is 53.6 Å². The molecule has 0 saturated heterocycles. The number of H-pyrrole nitrogens is 2. The quantitative estimate of drug-likeness (QED) is 0.0289. The lowest BCUT2D eigenvalue weighted by Gasteiger charge is -2.29. The summed E-state index contributed by atoms with van der Waals surface area (Å²) < 4.78 is 0. The number of hydrogen-bond donors (Lipinski definition) is 19. The highest BCUT2D eigenvalue weighted by Gasteiger charge is 2.37. The van der Waals surface area contributed by atoms with Gasteiger partial charge in [0.15, 0.2) is 0 Å². The number of carboxylic acid groups (broad SMARTS) is 3. The van der Waals surface area contributed by atoms with E-state index in [1.165, 1.54) is 32.0 Å². The molecule has 0 bridgehead atoms. The summed E-state index contributed by atoms with van der Waals surface area (Å²) in [6, 6.07) is -14.9. The molecule has 0 aliphatic carbocycles. The van der Waals surface area contributed by atoms with Gasteiger partial charge in [-0.3, -0.25) is 52.7 Å². The second-order valence-corrected chi connectivity index (χ2v) is 17.2. The Labute approximate surface area is 432 Å². The number of aliphatic carboxylic acids is 3. The highest BCUT2D eigenvalue weighted by atomic mass is 32.1. The number of rotatable bonds is 34. The van der Waals surface area contributed by atoms with E-state index in [4.69, 9.17) is 5.73 Å². The van der Waals surface area contributed by atoms with Gasteiger partial charge in [0.1, 0.15) is 54.4 Å². The van der Waals surface area contributed by atoms with Gasteiger partial charge in [-0.1, -0.05) is 20.3 Å². The van der Waals surface area contributed by atoms with E-state index in [2.05, 4.69) is 80.4 Å². The Balaban J connectivity index is 2.26. The summed E-state index contributed by atoms with van der Waals surface area (Å²) in [4.78, 5) is 168. The normalized spacial score (nSPS) is 15.4. The molecule has 0 aliphatic heterocycles. The number of aromatic nitrogens is 4. The number of nitrogens with one attached hydrogen (secondary N) is 11. The maximum atomic E-state index is 13.6. The lowest BCUT2D eigenvalue weighted by Crippen LogP contribution is -2.62. The van der Waals surface area contributed by atoms with Crippen LogP contribution in [-0.2, 0) is 70.4 Å². The largest absolute Gasteiger partial charge is 0.481 e. The summed E-state index contributed by atoms with van der Waals surface area (Å²) >= 11 is 3.90. The molecule has 2 aromatic rings. The molecule has 9 amide bonds. The zero-order valence-corrected chi connectivity index (χ0v) is 41.6. The number of nitrogens with zero attached hydrogens (tertiary/aromatic N) is 2. The van der Waals surface area contributed by atoms with E-state index in [0.717, 1.165) is 6.92 Å². The van der Waals surface area contributed by atoms with Crippen molar-refractivity contribution in [2.75, 3.05) is 25.5 Å². The van der Waals surface area contributed by atoms with Crippen LogP contribution in [0.4, 0.5) is 0 Å². The van der Waals surface area contributed by atoms with Crippen molar-refractivity contribution in [1.82, 2.24) is 67.8 Å². The molecule has 416 valence electrons. The van der Waals surface area contributed by atoms with Crippen LogP contribution in [-0.4, -0.2) is 208 Å². The Hall–Kier alpha value is -7.75.